The van der Waals surface area contributed by atoms with Crippen molar-refractivity contribution in [2.75, 3.05) is 51.2 Å². The molecule has 6 N–H and O–H groups in total. The van der Waals surface area contributed by atoms with E-state index in [9.17, 15) is 24.3 Å². The van der Waals surface area contributed by atoms with Crippen LogP contribution in [0.2, 0.25) is 0 Å². The van der Waals surface area contributed by atoms with Crippen molar-refractivity contribution in [3.8, 4) is 22.5 Å². The molecule has 15 heteroatoms. The monoisotopic (exact) mass is 723 g/mol. The number of carbonyl (C=O) groups is 4. The van der Waals surface area contributed by atoms with Crippen molar-refractivity contribution in [3.63, 3.8) is 0 Å². The summed E-state index contributed by atoms with van der Waals surface area (Å²) in [5.41, 5.74) is 4.58. The lowest BCUT2D eigenvalue weighted by molar-refractivity contribution is -0.130. The first-order valence-corrected chi connectivity index (χ1v) is 18.0. The molecule has 2 heterocycles. The third kappa shape index (κ3) is 10.0. The summed E-state index contributed by atoms with van der Waals surface area (Å²) in [6.45, 7) is 3.78. The Hall–Kier alpha value is -5.67. The van der Waals surface area contributed by atoms with E-state index in [0.717, 1.165) is 48.2 Å². The number of aromatic amines is 1. The van der Waals surface area contributed by atoms with Crippen molar-refractivity contribution >= 4 is 29.5 Å². The van der Waals surface area contributed by atoms with Crippen LogP contribution in [0.5, 0.6) is 0 Å². The summed E-state index contributed by atoms with van der Waals surface area (Å²) in [5.74, 6) is -0.192. The third-order valence-corrected chi connectivity index (χ3v) is 10.1. The van der Waals surface area contributed by atoms with E-state index in [-0.39, 0.29) is 42.6 Å². The molecule has 0 spiro atoms. The smallest absolute Gasteiger partial charge is 0.404 e. The molecule has 0 bridgehead atoms. The standard InChI is InChI=1S/C38H45N9O6/c48-21-20-46-16-18-47(19-17-46)37(51)30-10-8-27(9-11-30)31-3-1-2-26(22-31)23-33(41-35(49)29-6-4-25(5-7-29)24-39-38(52)53)36(50)40-32-14-12-28(13-15-32)34-42-44-45-43-34/h1-3,8-15,22,25,29,33,39,48H,4-7,16-21,23-24H2,(H,40,50)(H,41,49)(H,52,53)(H,42,43,44,45)/t25-,29-,33-/m0/s1. The van der Waals surface area contributed by atoms with Gasteiger partial charge in [0, 0.05) is 68.4 Å². The van der Waals surface area contributed by atoms with Gasteiger partial charge in [-0.1, -0.05) is 36.4 Å². The average Bonchev–Trinajstić information content (AvgIpc) is 3.73. The van der Waals surface area contributed by atoms with Crippen molar-refractivity contribution in [3.05, 3.63) is 83.9 Å². The summed E-state index contributed by atoms with van der Waals surface area (Å²) < 4.78 is 0. The topological polar surface area (TPSA) is 206 Å². The van der Waals surface area contributed by atoms with Crippen molar-refractivity contribution in [2.24, 2.45) is 11.8 Å². The number of rotatable bonds is 13. The number of hydrogen-bond acceptors (Lipinski definition) is 9. The SMILES string of the molecule is O=C(O)NC[C@H]1CC[C@H](C(=O)N[C@@H](Cc2cccc(-c3ccc(C(=O)N4CCN(CCO)CC4)cc3)c2)C(=O)Nc2ccc(-c3nnn[nH]3)cc2)CC1. The van der Waals surface area contributed by atoms with Crippen LogP contribution in [0.4, 0.5) is 10.5 Å². The molecule has 278 valence electrons. The van der Waals surface area contributed by atoms with Gasteiger partial charge in [0.15, 0.2) is 5.82 Å². The van der Waals surface area contributed by atoms with E-state index in [0.29, 0.717) is 56.1 Å². The molecule has 3 aromatic carbocycles. The first kappa shape index (κ1) is 37.1. The molecule has 1 atom stereocenters. The van der Waals surface area contributed by atoms with Gasteiger partial charge >= 0.3 is 6.09 Å². The van der Waals surface area contributed by atoms with Gasteiger partial charge < -0.3 is 31.1 Å². The Labute approximate surface area is 307 Å². The summed E-state index contributed by atoms with van der Waals surface area (Å²) in [5, 5.41) is 40.4. The Morgan fingerprint density at radius 2 is 1.58 bits per heavy atom. The first-order chi connectivity index (χ1) is 25.7. The van der Waals surface area contributed by atoms with Crippen LogP contribution in [0.3, 0.4) is 0 Å². The maximum Gasteiger partial charge on any atom is 0.404 e. The minimum absolute atomic E-state index is 0.0198. The zero-order valence-corrected chi connectivity index (χ0v) is 29.4. The highest BCUT2D eigenvalue weighted by Crippen LogP contribution is 2.29. The van der Waals surface area contributed by atoms with E-state index < -0.39 is 12.1 Å². The quantitative estimate of drug-likeness (QED) is 0.119. The molecule has 6 rings (SSSR count). The van der Waals surface area contributed by atoms with Crippen LogP contribution >= 0.6 is 0 Å². The van der Waals surface area contributed by atoms with Crippen LogP contribution in [0.15, 0.2) is 72.8 Å². The molecule has 0 unspecified atom stereocenters. The number of H-pyrrole nitrogens is 1. The van der Waals surface area contributed by atoms with Crippen LogP contribution in [-0.2, 0) is 16.0 Å². The molecule has 1 aromatic heterocycles. The second-order valence-corrected chi connectivity index (χ2v) is 13.6. The van der Waals surface area contributed by atoms with Crippen LogP contribution in [0.1, 0.15) is 41.6 Å². The Balaban J connectivity index is 1.13. The van der Waals surface area contributed by atoms with Crippen molar-refractivity contribution in [1.82, 2.24) is 41.1 Å². The molecule has 15 nitrogen and oxygen atoms in total. The lowest BCUT2D eigenvalue weighted by Gasteiger charge is -2.34. The molecular formula is C38H45N9O6. The molecule has 4 amide bonds. The predicted molar refractivity (Wildman–Crippen MR) is 197 cm³/mol. The van der Waals surface area contributed by atoms with Gasteiger partial charge in [-0.15, -0.1) is 5.10 Å². The molecule has 2 aliphatic rings. The molecule has 1 saturated heterocycles. The second-order valence-electron chi connectivity index (χ2n) is 13.6. The average molecular weight is 724 g/mol. The Kier molecular flexibility index (Phi) is 12.4. The molecule has 1 saturated carbocycles. The number of nitrogens with zero attached hydrogens (tertiary/aromatic N) is 5. The van der Waals surface area contributed by atoms with Crippen LogP contribution < -0.4 is 16.0 Å². The summed E-state index contributed by atoms with van der Waals surface area (Å²) >= 11 is 0. The highest BCUT2D eigenvalue weighted by Gasteiger charge is 2.30. The van der Waals surface area contributed by atoms with Crippen LogP contribution in [-0.4, -0.2) is 116 Å². The fraction of sp³-hybridized carbons (Fsp3) is 0.395. The van der Waals surface area contributed by atoms with Gasteiger partial charge in [-0.25, -0.2) is 9.89 Å². The van der Waals surface area contributed by atoms with Gasteiger partial charge in [0.1, 0.15) is 6.04 Å². The number of piperazine rings is 1. The van der Waals surface area contributed by atoms with E-state index >= 15 is 0 Å². The van der Waals surface area contributed by atoms with Gasteiger partial charge in [0.2, 0.25) is 11.8 Å². The Bertz CT molecular complexity index is 1840. The zero-order valence-electron chi connectivity index (χ0n) is 29.4. The number of hydrogen-bond donors (Lipinski definition) is 6. The van der Waals surface area contributed by atoms with Crippen LogP contribution in [0.25, 0.3) is 22.5 Å². The number of carbonyl (C=O) groups excluding carboxylic acids is 3. The number of amides is 4. The number of anilines is 1. The molecule has 2 fully saturated rings. The van der Waals surface area contributed by atoms with Gasteiger partial charge in [-0.05, 0) is 95.1 Å². The normalized spacial score (nSPS) is 18.2. The first-order valence-electron chi connectivity index (χ1n) is 18.0. The van der Waals surface area contributed by atoms with Crippen molar-refractivity contribution in [1.29, 1.82) is 0 Å². The van der Waals surface area contributed by atoms with Crippen molar-refractivity contribution < 1.29 is 29.4 Å². The number of tetrazole rings is 1. The summed E-state index contributed by atoms with van der Waals surface area (Å²) in [6.07, 6.45) is 1.84. The Morgan fingerprint density at radius 1 is 0.868 bits per heavy atom. The van der Waals surface area contributed by atoms with Gasteiger partial charge in [0.25, 0.3) is 5.91 Å². The molecule has 53 heavy (non-hydrogen) atoms. The maximum atomic E-state index is 13.8. The summed E-state index contributed by atoms with van der Waals surface area (Å²) in [4.78, 5) is 55.5. The number of carboxylic acid groups (broad SMARTS) is 1. The summed E-state index contributed by atoms with van der Waals surface area (Å²) in [7, 11) is 0. The number of benzene rings is 3. The molecule has 4 aromatic rings. The van der Waals surface area contributed by atoms with Crippen molar-refractivity contribution in [2.45, 2.75) is 38.1 Å². The predicted octanol–water partition coefficient (Wildman–Crippen LogP) is 3.02. The zero-order chi connectivity index (χ0) is 37.2. The number of aliphatic hydroxyl groups excluding tert-OH is 1. The van der Waals surface area contributed by atoms with Crippen LogP contribution in [0, 0.1) is 11.8 Å². The Morgan fingerprint density at radius 3 is 2.25 bits per heavy atom. The lowest BCUT2D eigenvalue weighted by atomic mass is 9.81. The number of aliphatic hydroxyl groups is 1. The highest BCUT2D eigenvalue weighted by atomic mass is 16.4. The minimum Gasteiger partial charge on any atom is -0.465 e. The number of nitrogens with one attached hydrogen (secondary N) is 4. The minimum atomic E-state index is -1.06. The van der Waals surface area contributed by atoms with E-state index in [1.165, 1.54) is 0 Å². The maximum absolute atomic E-state index is 13.8. The highest BCUT2D eigenvalue weighted by molar-refractivity contribution is 5.98. The van der Waals surface area contributed by atoms with E-state index in [1.54, 1.807) is 24.3 Å². The summed E-state index contributed by atoms with van der Waals surface area (Å²) in [6, 6.07) is 21.5. The lowest BCUT2D eigenvalue weighted by Crippen LogP contribution is -2.49. The van der Waals surface area contributed by atoms with Gasteiger partial charge in [-0.3, -0.25) is 19.3 Å². The molecule has 1 aliphatic heterocycles. The van der Waals surface area contributed by atoms with Gasteiger partial charge in [0.05, 0.1) is 6.61 Å². The van der Waals surface area contributed by atoms with Gasteiger partial charge in [-0.2, -0.15) is 0 Å². The number of β-amino-alcohol motifs (C(OH)–C–C–N with tert-alkyl or cyclic N) is 1. The van der Waals surface area contributed by atoms with E-state index in [2.05, 4.69) is 41.5 Å². The second kappa shape index (κ2) is 17.7. The molecule has 1 aliphatic carbocycles. The van der Waals surface area contributed by atoms with E-state index in [1.807, 2.05) is 53.4 Å². The fourth-order valence-electron chi connectivity index (χ4n) is 7.00. The number of aromatic nitrogens is 4. The molecular weight excluding hydrogens is 678 g/mol. The molecule has 0 radical (unpaired) electrons. The fourth-order valence-corrected chi connectivity index (χ4v) is 7.00. The largest absolute Gasteiger partial charge is 0.465 e. The van der Waals surface area contributed by atoms with E-state index in [4.69, 9.17) is 5.11 Å². The third-order valence-electron chi connectivity index (χ3n) is 10.1.